The van der Waals surface area contributed by atoms with Crippen LogP contribution >= 0.6 is 22.6 Å². The molecule has 2 atom stereocenters. The molecule has 128 valence electrons. The van der Waals surface area contributed by atoms with Crippen molar-refractivity contribution in [2.45, 2.75) is 61.0 Å². The van der Waals surface area contributed by atoms with E-state index in [1.165, 1.54) is 22.6 Å². The molecule has 0 aromatic carbocycles. The minimum Gasteiger partial charge on any atom is -0.200 e. The molecule has 0 aliphatic carbocycles. The molecule has 0 bridgehead atoms. The van der Waals surface area contributed by atoms with Crippen LogP contribution in [0.25, 0.3) is 0 Å². The molecule has 0 spiro atoms. The van der Waals surface area contributed by atoms with Gasteiger partial charge in [0.25, 0.3) is 0 Å². The second kappa shape index (κ2) is 6.69. The molecule has 0 nitrogen and oxygen atoms in total. The first-order chi connectivity index (χ1) is 9.10. The van der Waals surface area contributed by atoms with E-state index >= 15 is 0 Å². The molecule has 0 aromatic rings. The van der Waals surface area contributed by atoms with Gasteiger partial charge in [0, 0.05) is 10.3 Å². The average molecular weight is 444 g/mol. The molecule has 0 fully saturated rings. The largest absolute Gasteiger partial charge is 0.460 e. The van der Waals surface area contributed by atoms with Crippen LogP contribution in [-0.2, 0) is 0 Å². The second-order valence-corrected chi connectivity index (χ2v) is 6.66. The summed E-state index contributed by atoms with van der Waals surface area (Å²) in [5, 5.41) is 0. The Morgan fingerprint density at radius 1 is 0.857 bits per heavy atom. The fourth-order valence-electron chi connectivity index (χ4n) is 1.50. The Labute approximate surface area is 129 Å². The summed E-state index contributed by atoms with van der Waals surface area (Å²) in [4.78, 5) is 0. The van der Waals surface area contributed by atoms with Crippen LogP contribution in [0.5, 0.6) is 0 Å². The molecule has 2 unspecified atom stereocenters. The molecule has 10 heteroatoms. The Hall–Kier alpha value is 0.1000. The van der Waals surface area contributed by atoms with E-state index in [-0.39, 0.29) is 12.3 Å². The van der Waals surface area contributed by atoms with Crippen molar-refractivity contribution in [3.63, 3.8) is 0 Å². The van der Waals surface area contributed by atoms with Crippen LogP contribution in [0.2, 0.25) is 0 Å². The van der Waals surface area contributed by atoms with Crippen LogP contribution in [0.3, 0.4) is 0 Å². The third-order valence-corrected chi connectivity index (χ3v) is 3.99. The van der Waals surface area contributed by atoms with E-state index in [1.54, 1.807) is 13.8 Å². The first-order valence-electron chi connectivity index (χ1n) is 5.94. The van der Waals surface area contributed by atoms with Crippen molar-refractivity contribution >= 4 is 22.6 Å². The van der Waals surface area contributed by atoms with Crippen molar-refractivity contribution in [1.29, 1.82) is 0 Å². The third kappa shape index (κ3) is 4.54. The molecular weight excluding hydrogens is 430 g/mol. The summed E-state index contributed by atoms with van der Waals surface area (Å²) < 4.78 is 112. The second-order valence-electron chi connectivity index (χ2n) is 4.90. The van der Waals surface area contributed by atoms with Crippen molar-refractivity contribution in [2.24, 2.45) is 5.92 Å². The minimum atomic E-state index is -6.80. The van der Waals surface area contributed by atoms with Gasteiger partial charge < -0.3 is 0 Å². The standard InChI is InChI=1S/C11H14F9I/c1-3-6(2)4-7(21)5-8(12,13)9(14,15)10(16,17)11(18,19)20/h6-7H,3-5H2,1-2H3. The van der Waals surface area contributed by atoms with E-state index in [0.29, 0.717) is 6.42 Å². The highest BCUT2D eigenvalue weighted by atomic mass is 127. The van der Waals surface area contributed by atoms with Gasteiger partial charge in [-0.05, 0) is 12.3 Å². The summed E-state index contributed by atoms with van der Waals surface area (Å²) in [7, 11) is 0. The van der Waals surface area contributed by atoms with E-state index < -0.39 is 34.3 Å². The predicted octanol–water partition coefficient (Wildman–Crippen LogP) is 6.08. The van der Waals surface area contributed by atoms with Gasteiger partial charge in [-0.15, -0.1) is 0 Å². The third-order valence-electron chi connectivity index (χ3n) is 3.04. The van der Waals surface area contributed by atoms with Crippen molar-refractivity contribution in [2.75, 3.05) is 0 Å². The van der Waals surface area contributed by atoms with Crippen molar-refractivity contribution < 1.29 is 39.5 Å². The Balaban J connectivity index is 5.21. The highest BCUT2D eigenvalue weighted by Crippen LogP contribution is 2.54. The van der Waals surface area contributed by atoms with E-state index in [4.69, 9.17) is 0 Å². The average Bonchev–Trinajstić information content (AvgIpc) is 2.25. The Morgan fingerprint density at radius 2 is 1.29 bits per heavy atom. The van der Waals surface area contributed by atoms with Gasteiger partial charge in [0.2, 0.25) is 0 Å². The van der Waals surface area contributed by atoms with E-state index in [9.17, 15) is 39.5 Å². The lowest BCUT2D eigenvalue weighted by atomic mass is 9.95. The molecule has 0 radical (unpaired) electrons. The van der Waals surface area contributed by atoms with Gasteiger partial charge in [-0.3, -0.25) is 0 Å². The summed E-state index contributed by atoms with van der Waals surface area (Å²) >= 11 is 1.35. The molecule has 0 heterocycles. The van der Waals surface area contributed by atoms with Crippen LogP contribution in [0.15, 0.2) is 0 Å². The normalized spacial score (nSPS) is 17.7. The van der Waals surface area contributed by atoms with Crippen molar-refractivity contribution in [3.8, 4) is 0 Å². The smallest absolute Gasteiger partial charge is 0.200 e. The lowest BCUT2D eigenvalue weighted by Crippen LogP contribution is -2.61. The molecular formula is C11H14F9I. The first-order valence-corrected chi connectivity index (χ1v) is 7.19. The molecule has 0 aliphatic heterocycles. The van der Waals surface area contributed by atoms with Crippen LogP contribution in [-0.4, -0.2) is 27.9 Å². The molecule has 0 rings (SSSR count). The molecule has 21 heavy (non-hydrogen) atoms. The topological polar surface area (TPSA) is 0 Å². The zero-order chi connectivity index (χ0) is 17.3. The van der Waals surface area contributed by atoms with Gasteiger partial charge >= 0.3 is 23.9 Å². The zero-order valence-corrected chi connectivity index (χ0v) is 13.2. The van der Waals surface area contributed by atoms with E-state index in [0.717, 1.165) is 0 Å². The maximum Gasteiger partial charge on any atom is 0.460 e. The first kappa shape index (κ1) is 21.1. The van der Waals surface area contributed by atoms with Gasteiger partial charge in [0.15, 0.2) is 0 Å². The fourth-order valence-corrected chi connectivity index (χ4v) is 2.92. The van der Waals surface area contributed by atoms with Gasteiger partial charge in [-0.25, -0.2) is 0 Å². The molecule has 0 aromatic heterocycles. The van der Waals surface area contributed by atoms with Crippen LogP contribution in [0, 0.1) is 5.92 Å². The van der Waals surface area contributed by atoms with E-state index in [2.05, 4.69) is 0 Å². The van der Waals surface area contributed by atoms with Gasteiger partial charge in [-0.1, -0.05) is 42.9 Å². The highest BCUT2D eigenvalue weighted by Gasteiger charge is 2.81. The summed E-state index contributed by atoms with van der Waals surface area (Å²) in [5.74, 6) is -18.9. The fraction of sp³-hybridized carbons (Fsp3) is 1.00. The lowest BCUT2D eigenvalue weighted by Gasteiger charge is -2.34. The molecule has 0 N–H and O–H groups in total. The maximum atomic E-state index is 13.3. The number of rotatable bonds is 7. The van der Waals surface area contributed by atoms with Crippen LogP contribution < -0.4 is 0 Å². The Morgan fingerprint density at radius 3 is 1.62 bits per heavy atom. The van der Waals surface area contributed by atoms with Gasteiger partial charge in [0.1, 0.15) is 0 Å². The summed E-state index contributed by atoms with van der Waals surface area (Å²) in [5.41, 5.74) is 0. The Kier molecular flexibility index (Phi) is 6.72. The SMILES string of the molecule is CCC(C)CC(I)CC(F)(F)C(F)(F)C(F)(F)C(F)(F)F. The number of hydrogen-bond donors (Lipinski definition) is 0. The molecule has 0 saturated heterocycles. The van der Waals surface area contributed by atoms with Crippen LogP contribution in [0.1, 0.15) is 33.1 Å². The molecule has 0 amide bonds. The molecule has 0 aliphatic rings. The quantitative estimate of drug-likeness (QED) is 0.254. The maximum absolute atomic E-state index is 13.3. The number of alkyl halides is 10. The summed E-state index contributed by atoms with van der Waals surface area (Å²) in [6.45, 7) is 3.34. The monoisotopic (exact) mass is 444 g/mol. The number of halogens is 10. The van der Waals surface area contributed by atoms with Crippen LogP contribution in [0.4, 0.5) is 39.5 Å². The van der Waals surface area contributed by atoms with Gasteiger partial charge in [0.05, 0.1) is 0 Å². The van der Waals surface area contributed by atoms with Crippen molar-refractivity contribution in [1.82, 2.24) is 0 Å². The Bertz CT molecular complexity index is 337. The zero-order valence-electron chi connectivity index (χ0n) is 11.1. The molecule has 0 saturated carbocycles. The lowest BCUT2D eigenvalue weighted by molar-refractivity contribution is -0.396. The number of hydrogen-bond acceptors (Lipinski definition) is 0. The summed E-state index contributed by atoms with van der Waals surface area (Å²) in [6, 6.07) is 0. The van der Waals surface area contributed by atoms with E-state index in [1.807, 2.05) is 0 Å². The summed E-state index contributed by atoms with van der Waals surface area (Å²) in [6.07, 6.45) is -7.95. The minimum absolute atomic E-state index is 0.0142. The van der Waals surface area contributed by atoms with Crippen molar-refractivity contribution in [3.05, 3.63) is 0 Å². The van der Waals surface area contributed by atoms with Gasteiger partial charge in [-0.2, -0.15) is 39.5 Å². The predicted molar refractivity (Wildman–Crippen MR) is 67.4 cm³/mol. The highest BCUT2D eigenvalue weighted by molar-refractivity contribution is 14.1.